The number of hydrogen-bond donors (Lipinski definition) is 5. The second-order valence-electron chi connectivity index (χ2n) is 7.85. The van der Waals surface area contributed by atoms with Gasteiger partial charge in [0.2, 0.25) is 11.8 Å². The molecule has 0 fully saturated rings. The lowest BCUT2D eigenvalue weighted by atomic mass is 10.0. The van der Waals surface area contributed by atoms with Crippen LogP contribution in [0.1, 0.15) is 37.7 Å². The molecule has 176 valence electrons. The minimum absolute atomic E-state index is 0.0802. The van der Waals surface area contributed by atoms with Crippen molar-refractivity contribution >= 4 is 11.8 Å². The first kappa shape index (κ1) is 27.3. The number of hydrogen-bond acceptors (Lipinski definition) is 5. The molecule has 3 unspecified atom stereocenters. The van der Waals surface area contributed by atoms with Gasteiger partial charge in [-0.25, -0.2) is 0 Å². The zero-order chi connectivity index (χ0) is 23.8. The molecule has 0 aliphatic rings. The van der Waals surface area contributed by atoms with Gasteiger partial charge in [0.15, 0.2) is 0 Å². The summed E-state index contributed by atoms with van der Waals surface area (Å²) in [6, 6.07) is 8.59. The maximum Gasteiger partial charge on any atom is 0.250 e. The van der Waals surface area contributed by atoms with Gasteiger partial charge in [0, 0.05) is 31.6 Å². The second-order valence-corrected chi connectivity index (χ2v) is 7.85. The number of aliphatic hydroxyl groups is 1. The number of carbonyl (C=O) groups is 2. The molecule has 0 spiro atoms. The number of unbranched alkanes of at least 4 members (excludes halogenated alkanes) is 2. The van der Waals surface area contributed by atoms with Crippen molar-refractivity contribution in [3.63, 3.8) is 0 Å². The fourth-order valence-corrected chi connectivity index (χ4v) is 3.22. The summed E-state index contributed by atoms with van der Waals surface area (Å²) in [7, 11) is 0. The molecular formula is C25H38N4O3. The van der Waals surface area contributed by atoms with Gasteiger partial charge >= 0.3 is 0 Å². The van der Waals surface area contributed by atoms with E-state index in [0.717, 1.165) is 30.4 Å². The van der Waals surface area contributed by atoms with Crippen LogP contribution in [-0.4, -0.2) is 48.2 Å². The van der Waals surface area contributed by atoms with E-state index < -0.39 is 18.1 Å². The standard InChI is InChI=1S/C25H38N4O3/c1-3-11-19(4-2)16-21(26)18-23(30)28-14-9-6-10-15-29-25(32)24(31)22(27)17-20-12-7-5-8-13-20/h3-5,7-8,11-13,21-22,24,31H,1-2,6,9-10,14-18,26-27H2,(H,28,30)(H,29,32)/b19-11+. The van der Waals surface area contributed by atoms with Gasteiger partial charge in [-0.15, -0.1) is 0 Å². The monoisotopic (exact) mass is 442 g/mol. The number of nitrogens with two attached hydrogens (primary N) is 2. The molecule has 1 aromatic carbocycles. The summed E-state index contributed by atoms with van der Waals surface area (Å²) < 4.78 is 0. The third-order valence-electron chi connectivity index (χ3n) is 5.00. The molecule has 0 saturated heterocycles. The van der Waals surface area contributed by atoms with Crippen LogP contribution in [0.3, 0.4) is 0 Å². The Bertz CT molecular complexity index is 749. The van der Waals surface area contributed by atoms with Crippen LogP contribution >= 0.6 is 0 Å². The van der Waals surface area contributed by atoms with Crippen molar-refractivity contribution in [2.75, 3.05) is 13.1 Å². The Morgan fingerprint density at radius 3 is 2.28 bits per heavy atom. The first-order valence-electron chi connectivity index (χ1n) is 11.1. The Kier molecular flexibility index (Phi) is 13.6. The fraction of sp³-hybridized carbons (Fsp3) is 0.440. The molecule has 0 radical (unpaired) electrons. The number of nitrogens with one attached hydrogen (secondary N) is 2. The van der Waals surface area contributed by atoms with E-state index in [9.17, 15) is 14.7 Å². The third kappa shape index (κ3) is 11.6. The van der Waals surface area contributed by atoms with E-state index in [1.54, 1.807) is 12.2 Å². The van der Waals surface area contributed by atoms with Gasteiger partial charge in [0.25, 0.3) is 0 Å². The molecule has 0 saturated carbocycles. The molecule has 7 heteroatoms. The van der Waals surface area contributed by atoms with Crippen molar-refractivity contribution < 1.29 is 14.7 Å². The van der Waals surface area contributed by atoms with Crippen LogP contribution in [0.15, 0.2) is 67.3 Å². The SMILES string of the molecule is C=C/C=C(\C=C)CC(N)CC(=O)NCCCCCNC(=O)C(O)C(N)Cc1ccccc1. The van der Waals surface area contributed by atoms with E-state index in [4.69, 9.17) is 11.5 Å². The van der Waals surface area contributed by atoms with Crippen LogP contribution in [0, 0.1) is 0 Å². The number of carbonyl (C=O) groups excluding carboxylic acids is 2. The summed E-state index contributed by atoms with van der Waals surface area (Å²) in [5, 5.41) is 15.7. The highest BCUT2D eigenvalue weighted by Gasteiger charge is 2.22. The molecule has 3 atom stereocenters. The maximum atomic E-state index is 12.1. The van der Waals surface area contributed by atoms with Crippen molar-refractivity contribution in [3.8, 4) is 0 Å². The number of rotatable bonds is 16. The van der Waals surface area contributed by atoms with E-state index in [1.807, 2.05) is 36.4 Å². The minimum atomic E-state index is -1.25. The summed E-state index contributed by atoms with van der Waals surface area (Å²) in [6.07, 6.45) is 7.60. The fourth-order valence-electron chi connectivity index (χ4n) is 3.22. The quantitative estimate of drug-likeness (QED) is 0.197. The molecule has 0 aromatic heterocycles. The lowest BCUT2D eigenvalue weighted by Gasteiger charge is -2.18. The Labute approximate surface area is 191 Å². The molecule has 1 aromatic rings. The van der Waals surface area contributed by atoms with Crippen LogP contribution in [0.25, 0.3) is 0 Å². The van der Waals surface area contributed by atoms with Crippen molar-refractivity contribution in [1.82, 2.24) is 10.6 Å². The molecular weight excluding hydrogens is 404 g/mol. The average molecular weight is 443 g/mol. The first-order chi connectivity index (χ1) is 15.4. The summed E-state index contributed by atoms with van der Waals surface area (Å²) in [5.74, 6) is -0.538. The zero-order valence-corrected chi connectivity index (χ0v) is 18.8. The highest BCUT2D eigenvalue weighted by atomic mass is 16.3. The van der Waals surface area contributed by atoms with Gasteiger partial charge in [-0.3, -0.25) is 9.59 Å². The molecule has 0 aliphatic heterocycles. The predicted octanol–water partition coefficient (Wildman–Crippen LogP) is 1.73. The summed E-state index contributed by atoms with van der Waals surface area (Å²) in [5.41, 5.74) is 13.9. The van der Waals surface area contributed by atoms with Gasteiger partial charge in [-0.05, 0) is 43.2 Å². The van der Waals surface area contributed by atoms with Crippen LogP contribution in [0.5, 0.6) is 0 Å². The summed E-state index contributed by atoms with van der Waals surface area (Å²) in [4.78, 5) is 24.0. The van der Waals surface area contributed by atoms with E-state index in [-0.39, 0.29) is 18.4 Å². The summed E-state index contributed by atoms with van der Waals surface area (Å²) in [6.45, 7) is 8.38. The van der Waals surface area contributed by atoms with E-state index >= 15 is 0 Å². The van der Waals surface area contributed by atoms with Gasteiger partial charge in [-0.1, -0.05) is 61.7 Å². The lowest BCUT2D eigenvalue weighted by Crippen LogP contribution is -2.47. The zero-order valence-electron chi connectivity index (χ0n) is 18.8. The Morgan fingerprint density at radius 1 is 1.00 bits per heavy atom. The van der Waals surface area contributed by atoms with Crippen molar-refractivity contribution in [3.05, 3.63) is 72.9 Å². The van der Waals surface area contributed by atoms with Gasteiger partial charge < -0.3 is 27.2 Å². The normalized spacial score (nSPS) is 14.2. The van der Waals surface area contributed by atoms with Gasteiger partial charge in [0.05, 0.1) is 0 Å². The van der Waals surface area contributed by atoms with Crippen LogP contribution in [0.4, 0.5) is 0 Å². The second kappa shape index (κ2) is 16.0. The molecule has 0 aliphatic carbocycles. The Morgan fingerprint density at radius 2 is 1.66 bits per heavy atom. The number of amides is 2. The van der Waals surface area contributed by atoms with E-state index in [1.165, 1.54) is 0 Å². The Hall–Kier alpha value is -2.74. The lowest BCUT2D eigenvalue weighted by molar-refractivity contribution is -0.130. The van der Waals surface area contributed by atoms with E-state index in [0.29, 0.717) is 25.9 Å². The van der Waals surface area contributed by atoms with Crippen molar-refractivity contribution in [2.24, 2.45) is 11.5 Å². The van der Waals surface area contributed by atoms with Crippen LogP contribution in [0.2, 0.25) is 0 Å². The third-order valence-corrected chi connectivity index (χ3v) is 5.00. The number of allylic oxidation sites excluding steroid dienone is 3. The highest BCUT2D eigenvalue weighted by Crippen LogP contribution is 2.08. The minimum Gasteiger partial charge on any atom is -0.382 e. The molecule has 7 nitrogen and oxygen atoms in total. The topological polar surface area (TPSA) is 130 Å². The first-order valence-corrected chi connectivity index (χ1v) is 11.1. The van der Waals surface area contributed by atoms with Crippen LogP contribution in [-0.2, 0) is 16.0 Å². The summed E-state index contributed by atoms with van der Waals surface area (Å²) >= 11 is 0. The molecule has 32 heavy (non-hydrogen) atoms. The smallest absolute Gasteiger partial charge is 0.250 e. The number of aliphatic hydroxyl groups excluding tert-OH is 1. The predicted molar refractivity (Wildman–Crippen MR) is 130 cm³/mol. The molecule has 2 amide bonds. The van der Waals surface area contributed by atoms with Crippen molar-refractivity contribution in [1.29, 1.82) is 0 Å². The highest BCUT2D eigenvalue weighted by molar-refractivity contribution is 5.81. The van der Waals surface area contributed by atoms with Crippen LogP contribution < -0.4 is 22.1 Å². The van der Waals surface area contributed by atoms with Gasteiger partial charge in [-0.2, -0.15) is 0 Å². The molecule has 1 rings (SSSR count). The maximum absolute atomic E-state index is 12.1. The molecule has 7 N–H and O–H groups in total. The van der Waals surface area contributed by atoms with Crippen molar-refractivity contribution in [2.45, 2.75) is 56.7 Å². The average Bonchev–Trinajstić information content (AvgIpc) is 2.77. The number of benzene rings is 1. The molecule has 0 bridgehead atoms. The van der Waals surface area contributed by atoms with E-state index in [2.05, 4.69) is 23.8 Å². The molecule has 0 heterocycles. The largest absolute Gasteiger partial charge is 0.382 e. The Balaban J connectivity index is 2.12. The van der Waals surface area contributed by atoms with Gasteiger partial charge in [0.1, 0.15) is 6.10 Å².